The summed E-state index contributed by atoms with van der Waals surface area (Å²) in [6, 6.07) is 10.9. The van der Waals surface area contributed by atoms with Gasteiger partial charge in [0.1, 0.15) is 0 Å². The average Bonchev–Trinajstić information content (AvgIpc) is 2.61. The van der Waals surface area contributed by atoms with Crippen LogP contribution in [0.25, 0.3) is 5.69 Å². The molecule has 1 amide bonds. The minimum absolute atomic E-state index is 0.0843. The smallest absolute Gasteiger partial charge is 0.276 e. The van der Waals surface area contributed by atoms with Gasteiger partial charge >= 0.3 is 0 Å². The van der Waals surface area contributed by atoms with E-state index in [1.165, 1.54) is 6.07 Å². The van der Waals surface area contributed by atoms with Gasteiger partial charge in [0.15, 0.2) is 5.69 Å². The Morgan fingerprint density at radius 3 is 2.83 bits per heavy atom. The van der Waals surface area contributed by atoms with Gasteiger partial charge in [-0.1, -0.05) is 29.8 Å². The highest BCUT2D eigenvalue weighted by molar-refractivity contribution is 5.92. The first kappa shape index (κ1) is 16.1. The van der Waals surface area contributed by atoms with Crippen molar-refractivity contribution in [2.45, 2.75) is 13.3 Å². The Hall–Kier alpha value is -2.73. The van der Waals surface area contributed by atoms with E-state index in [1.807, 2.05) is 30.3 Å². The minimum atomic E-state index is -0.441. The van der Waals surface area contributed by atoms with E-state index in [1.54, 1.807) is 11.6 Å². The van der Waals surface area contributed by atoms with Crippen LogP contribution in [-0.2, 0) is 0 Å². The van der Waals surface area contributed by atoms with Crippen LogP contribution in [0.1, 0.15) is 22.6 Å². The molecule has 1 aliphatic heterocycles. The standard InChI is InChI=1S/C18H20N4O2/c1-13-11-16(23)17(21-22(13)15-5-3-2-4-6-15)18(24)20-12-14-7-9-19-10-8-14/h2-7,11,19H,8-10,12H2,1H3,(H,20,24). The highest BCUT2D eigenvalue weighted by atomic mass is 16.2. The Bertz CT molecular complexity index is 825. The van der Waals surface area contributed by atoms with Gasteiger partial charge in [-0.15, -0.1) is 0 Å². The molecular formula is C18H20N4O2. The summed E-state index contributed by atoms with van der Waals surface area (Å²) in [4.78, 5) is 24.5. The molecule has 0 atom stereocenters. The van der Waals surface area contributed by atoms with Crippen molar-refractivity contribution < 1.29 is 4.79 Å². The lowest BCUT2D eigenvalue weighted by Gasteiger charge is -2.15. The molecule has 6 heteroatoms. The maximum absolute atomic E-state index is 12.4. The average molecular weight is 324 g/mol. The van der Waals surface area contributed by atoms with Crippen LogP contribution in [-0.4, -0.2) is 35.3 Å². The summed E-state index contributed by atoms with van der Waals surface area (Å²) in [5.41, 5.74) is 2.21. The van der Waals surface area contributed by atoms with Gasteiger partial charge in [-0.2, -0.15) is 5.10 Å². The zero-order valence-electron chi connectivity index (χ0n) is 13.6. The minimum Gasteiger partial charge on any atom is -0.347 e. The van der Waals surface area contributed by atoms with E-state index in [0.29, 0.717) is 12.2 Å². The lowest BCUT2D eigenvalue weighted by atomic mass is 10.1. The highest BCUT2D eigenvalue weighted by Gasteiger charge is 2.15. The summed E-state index contributed by atoms with van der Waals surface area (Å²) >= 11 is 0. The first-order valence-corrected chi connectivity index (χ1v) is 7.98. The van der Waals surface area contributed by atoms with Gasteiger partial charge in [-0.25, -0.2) is 4.68 Å². The largest absolute Gasteiger partial charge is 0.347 e. The fourth-order valence-electron chi connectivity index (χ4n) is 2.64. The number of aromatic nitrogens is 2. The predicted molar refractivity (Wildman–Crippen MR) is 92.5 cm³/mol. The van der Waals surface area contributed by atoms with Crippen LogP contribution >= 0.6 is 0 Å². The molecule has 0 saturated heterocycles. The van der Waals surface area contributed by atoms with E-state index in [2.05, 4.69) is 21.8 Å². The maximum Gasteiger partial charge on any atom is 0.276 e. The molecular weight excluding hydrogens is 304 g/mol. The number of nitrogens with zero attached hydrogens (tertiary/aromatic N) is 2. The molecule has 0 aliphatic carbocycles. The molecule has 0 spiro atoms. The van der Waals surface area contributed by atoms with Crippen LogP contribution in [0.3, 0.4) is 0 Å². The summed E-state index contributed by atoms with van der Waals surface area (Å²) < 4.78 is 1.61. The van der Waals surface area contributed by atoms with E-state index in [9.17, 15) is 9.59 Å². The highest BCUT2D eigenvalue weighted by Crippen LogP contribution is 2.08. The third-order valence-electron chi connectivity index (χ3n) is 3.96. The number of rotatable bonds is 4. The van der Waals surface area contributed by atoms with Crippen LogP contribution in [0.4, 0.5) is 0 Å². The molecule has 0 radical (unpaired) electrons. The van der Waals surface area contributed by atoms with E-state index >= 15 is 0 Å². The topological polar surface area (TPSA) is 76.0 Å². The number of nitrogens with one attached hydrogen (secondary N) is 2. The summed E-state index contributed by atoms with van der Waals surface area (Å²) in [6.45, 7) is 3.96. The number of hydrogen-bond acceptors (Lipinski definition) is 4. The SMILES string of the molecule is Cc1cc(=O)c(C(=O)NCC2=CCNCC2)nn1-c1ccccc1. The summed E-state index contributed by atoms with van der Waals surface area (Å²) in [5.74, 6) is -0.441. The van der Waals surface area contributed by atoms with Gasteiger partial charge in [-0.05, 0) is 32.0 Å². The van der Waals surface area contributed by atoms with E-state index < -0.39 is 5.91 Å². The Balaban J connectivity index is 1.83. The number of benzene rings is 1. The molecule has 1 aliphatic rings. The molecule has 2 heterocycles. The van der Waals surface area contributed by atoms with E-state index in [4.69, 9.17) is 0 Å². The van der Waals surface area contributed by atoms with E-state index in [0.717, 1.165) is 30.8 Å². The van der Waals surface area contributed by atoms with Crippen molar-refractivity contribution in [1.29, 1.82) is 0 Å². The molecule has 2 N–H and O–H groups in total. The Morgan fingerprint density at radius 2 is 2.12 bits per heavy atom. The Morgan fingerprint density at radius 1 is 1.33 bits per heavy atom. The number of carbonyl (C=O) groups is 1. The molecule has 6 nitrogen and oxygen atoms in total. The second kappa shape index (κ2) is 7.23. The molecule has 0 bridgehead atoms. The van der Waals surface area contributed by atoms with Gasteiger partial charge < -0.3 is 10.6 Å². The molecule has 0 fully saturated rings. The lowest BCUT2D eigenvalue weighted by Crippen LogP contribution is -2.34. The molecule has 1 aromatic heterocycles. The van der Waals surface area contributed by atoms with Crippen molar-refractivity contribution in [3.63, 3.8) is 0 Å². The number of para-hydroxylation sites is 1. The van der Waals surface area contributed by atoms with Crippen molar-refractivity contribution in [3.8, 4) is 5.69 Å². The van der Waals surface area contributed by atoms with Crippen LogP contribution in [0, 0.1) is 6.92 Å². The second-order valence-corrected chi connectivity index (χ2v) is 5.75. The van der Waals surface area contributed by atoms with E-state index in [-0.39, 0.29) is 11.1 Å². The number of carbonyl (C=O) groups excluding carboxylic acids is 1. The summed E-state index contributed by atoms with van der Waals surface area (Å²) in [6.07, 6.45) is 2.96. The van der Waals surface area contributed by atoms with Crippen molar-refractivity contribution >= 4 is 5.91 Å². The van der Waals surface area contributed by atoms with Crippen LogP contribution in [0.15, 0.2) is 52.8 Å². The quantitative estimate of drug-likeness (QED) is 0.829. The van der Waals surface area contributed by atoms with Crippen molar-refractivity contribution in [1.82, 2.24) is 20.4 Å². The third kappa shape index (κ3) is 3.60. The van der Waals surface area contributed by atoms with Crippen molar-refractivity contribution in [2.24, 2.45) is 0 Å². The normalized spacial score (nSPS) is 14.1. The van der Waals surface area contributed by atoms with Crippen LogP contribution in [0.5, 0.6) is 0 Å². The first-order valence-electron chi connectivity index (χ1n) is 7.98. The van der Waals surface area contributed by atoms with Gasteiger partial charge in [-0.3, -0.25) is 9.59 Å². The van der Waals surface area contributed by atoms with Gasteiger partial charge in [0, 0.05) is 24.8 Å². The molecule has 0 unspecified atom stereocenters. The molecule has 124 valence electrons. The zero-order valence-corrected chi connectivity index (χ0v) is 13.6. The molecule has 24 heavy (non-hydrogen) atoms. The third-order valence-corrected chi connectivity index (χ3v) is 3.96. The fourth-order valence-corrected chi connectivity index (χ4v) is 2.64. The second-order valence-electron chi connectivity index (χ2n) is 5.75. The number of amides is 1. The lowest BCUT2D eigenvalue weighted by molar-refractivity contribution is 0.0948. The number of hydrogen-bond donors (Lipinski definition) is 2. The fraction of sp³-hybridized carbons (Fsp3) is 0.278. The predicted octanol–water partition coefficient (Wildman–Crippen LogP) is 1.19. The summed E-state index contributed by atoms with van der Waals surface area (Å²) in [7, 11) is 0. The Kier molecular flexibility index (Phi) is 4.86. The number of aryl methyl sites for hydroxylation is 1. The molecule has 0 saturated carbocycles. The van der Waals surface area contributed by atoms with Crippen LogP contribution < -0.4 is 16.1 Å². The van der Waals surface area contributed by atoms with Gasteiger partial charge in [0.05, 0.1) is 5.69 Å². The Labute approximate surface area is 140 Å². The van der Waals surface area contributed by atoms with Gasteiger partial charge in [0.2, 0.25) is 5.43 Å². The maximum atomic E-state index is 12.4. The molecule has 1 aromatic carbocycles. The van der Waals surface area contributed by atoms with Crippen molar-refractivity contribution in [3.05, 3.63) is 69.7 Å². The van der Waals surface area contributed by atoms with Crippen molar-refractivity contribution in [2.75, 3.05) is 19.6 Å². The summed E-state index contributed by atoms with van der Waals surface area (Å²) in [5, 5.41) is 10.3. The zero-order chi connectivity index (χ0) is 16.9. The molecule has 2 aromatic rings. The van der Waals surface area contributed by atoms with Gasteiger partial charge in [0.25, 0.3) is 5.91 Å². The first-order chi connectivity index (χ1) is 11.6. The molecule has 3 rings (SSSR count). The monoisotopic (exact) mass is 324 g/mol. The van der Waals surface area contributed by atoms with Crippen LogP contribution in [0.2, 0.25) is 0 Å².